The van der Waals surface area contributed by atoms with Gasteiger partial charge in [-0.15, -0.1) is 16.4 Å². The zero-order valence-electron chi connectivity index (χ0n) is 7.84. The molecule has 0 radical (unpaired) electrons. The number of nitrogens with zero attached hydrogens (tertiary/aromatic N) is 4. The molecule has 6 heteroatoms. The van der Waals surface area contributed by atoms with Gasteiger partial charge in [-0.1, -0.05) is 5.21 Å². The molecule has 0 aliphatic heterocycles. The zero-order valence-corrected chi connectivity index (χ0v) is 8.66. The van der Waals surface area contributed by atoms with Gasteiger partial charge in [-0.2, -0.15) is 0 Å². The minimum atomic E-state index is 0.464. The van der Waals surface area contributed by atoms with Crippen LogP contribution in [0.2, 0.25) is 0 Å². The summed E-state index contributed by atoms with van der Waals surface area (Å²) in [4.78, 5) is 5.47. The van der Waals surface area contributed by atoms with Crippen molar-refractivity contribution in [2.75, 3.05) is 5.73 Å². The van der Waals surface area contributed by atoms with Crippen molar-refractivity contribution in [3.05, 3.63) is 22.3 Å². The fourth-order valence-electron chi connectivity index (χ4n) is 1.20. The summed E-state index contributed by atoms with van der Waals surface area (Å²) in [5.41, 5.74) is 8.41. The van der Waals surface area contributed by atoms with Crippen molar-refractivity contribution in [2.45, 2.75) is 19.9 Å². The highest BCUT2D eigenvalue weighted by molar-refractivity contribution is 7.09. The van der Waals surface area contributed by atoms with E-state index in [1.54, 1.807) is 22.2 Å². The molecule has 0 saturated heterocycles. The van der Waals surface area contributed by atoms with Crippen LogP contribution in [0.5, 0.6) is 0 Å². The molecule has 14 heavy (non-hydrogen) atoms. The first-order chi connectivity index (χ1) is 6.75. The molecule has 5 nitrogen and oxygen atoms in total. The zero-order chi connectivity index (χ0) is 9.97. The third-order valence-electron chi connectivity index (χ3n) is 1.97. The predicted molar refractivity (Wildman–Crippen MR) is 55.0 cm³/mol. The Hall–Kier alpha value is -1.43. The van der Waals surface area contributed by atoms with Gasteiger partial charge in [-0.05, 0) is 6.92 Å². The lowest BCUT2D eigenvalue weighted by Gasteiger charge is -1.98. The summed E-state index contributed by atoms with van der Waals surface area (Å²) in [5, 5.41) is 7.59. The summed E-state index contributed by atoms with van der Waals surface area (Å²) in [5.74, 6) is 0.464. The van der Waals surface area contributed by atoms with E-state index in [2.05, 4.69) is 15.3 Å². The lowest BCUT2D eigenvalue weighted by molar-refractivity contribution is 0.591. The van der Waals surface area contributed by atoms with Gasteiger partial charge in [-0.25, -0.2) is 9.67 Å². The number of anilines is 1. The van der Waals surface area contributed by atoms with Gasteiger partial charge in [0.15, 0.2) is 5.82 Å². The van der Waals surface area contributed by atoms with Gasteiger partial charge < -0.3 is 5.73 Å². The second kappa shape index (κ2) is 3.75. The number of aryl methyl sites for hydroxylation is 3. The van der Waals surface area contributed by atoms with Crippen LogP contribution in [0.25, 0.3) is 0 Å². The second-order valence-electron chi connectivity index (χ2n) is 3.02. The lowest BCUT2D eigenvalue weighted by atomic mass is 10.3. The maximum Gasteiger partial charge on any atom is 0.165 e. The molecular weight excluding hydrogens is 198 g/mol. The number of aromatic nitrogens is 4. The van der Waals surface area contributed by atoms with Gasteiger partial charge in [0, 0.05) is 17.8 Å². The lowest BCUT2D eigenvalue weighted by Crippen LogP contribution is -2.01. The maximum absolute atomic E-state index is 5.45. The van der Waals surface area contributed by atoms with Gasteiger partial charge in [0.1, 0.15) is 0 Å². The molecule has 0 amide bonds. The molecule has 0 spiro atoms. The Labute approximate surface area is 85.6 Å². The molecule has 0 unspecified atom stereocenters. The van der Waals surface area contributed by atoms with E-state index in [1.807, 2.05) is 12.4 Å². The number of hydrogen-bond acceptors (Lipinski definition) is 5. The SMILES string of the molecule is Cc1ncsc1CCn1cc(N)nn1. The topological polar surface area (TPSA) is 69.6 Å². The van der Waals surface area contributed by atoms with Gasteiger partial charge in [0.05, 0.1) is 17.4 Å². The number of thiazole rings is 1. The molecule has 2 aromatic heterocycles. The summed E-state index contributed by atoms with van der Waals surface area (Å²) in [6.07, 6.45) is 2.66. The van der Waals surface area contributed by atoms with Crippen molar-refractivity contribution in [3.8, 4) is 0 Å². The van der Waals surface area contributed by atoms with Crippen LogP contribution in [0.15, 0.2) is 11.7 Å². The Morgan fingerprint density at radius 2 is 2.43 bits per heavy atom. The Balaban J connectivity index is 1.98. The molecule has 2 rings (SSSR count). The van der Waals surface area contributed by atoms with Crippen LogP contribution in [0, 0.1) is 6.92 Å². The number of nitrogens with two attached hydrogens (primary N) is 1. The molecule has 2 N–H and O–H groups in total. The minimum absolute atomic E-state index is 0.464. The molecule has 0 atom stereocenters. The van der Waals surface area contributed by atoms with E-state index >= 15 is 0 Å². The van der Waals surface area contributed by atoms with Crippen molar-refractivity contribution in [3.63, 3.8) is 0 Å². The first-order valence-electron chi connectivity index (χ1n) is 4.30. The van der Waals surface area contributed by atoms with Gasteiger partial charge in [0.2, 0.25) is 0 Å². The monoisotopic (exact) mass is 209 g/mol. The Bertz CT molecular complexity index is 419. The van der Waals surface area contributed by atoms with Crippen molar-refractivity contribution < 1.29 is 0 Å². The third-order valence-corrected chi connectivity index (χ3v) is 2.96. The van der Waals surface area contributed by atoms with E-state index in [-0.39, 0.29) is 0 Å². The molecule has 0 fully saturated rings. The molecule has 2 aromatic rings. The molecule has 0 aliphatic rings. The van der Waals surface area contributed by atoms with Crippen LogP contribution in [0.1, 0.15) is 10.6 Å². The Kier molecular flexibility index (Phi) is 2.45. The average Bonchev–Trinajstić information content (AvgIpc) is 2.72. The number of nitrogen functional groups attached to an aromatic ring is 1. The normalized spacial score (nSPS) is 10.6. The largest absolute Gasteiger partial charge is 0.381 e. The van der Waals surface area contributed by atoms with Crippen LogP contribution in [-0.2, 0) is 13.0 Å². The molecular formula is C8H11N5S. The first-order valence-corrected chi connectivity index (χ1v) is 5.18. The third kappa shape index (κ3) is 1.90. The van der Waals surface area contributed by atoms with Crippen LogP contribution in [0.4, 0.5) is 5.82 Å². The van der Waals surface area contributed by atoms with Crippen molar-refractivity contribution >= 4 is 17.2 Å². The Morgan fingerprint density at radius 1 is 1.57 bits per heavy atom. The van der Waals surface area contributed by atoms with E-state index in [1.165, 1.54) is 4.88 Å². The van der Waals surface area contributed by atoms with E-state index in [9.17, 15) is 0 Å². The van der Waals surface area contributed by atoms with E-state index < -0.39 is 0 Å². The van der Waals surface area contributed by atoms with Crippen LogP contribution >= 0.6 is 11.3 Å². The highest BCUT2D eigenvalue weighted by Gasteiger charge is 2.02. The highest BCUT2D eigenvalue weighted by atomic mass is 32.1. The Morgan fingerprint density at radius 3 is 3.00 bits per heavy atom. The van der Waals surface area contributed by atoms with E-state index in [4.69, 9.17) is 5.73 Å². The standard InChI is InChI=1S/C8H11N5S/c1-6-7(14-5-10-6)2-3-13-4-8(9)11-12-13/h4-5H,2-3,9H2,1H3. The summed E-state index contributed by atoms with van der Waals surface area (Å²) in [6.45, 7) is 2.81. The van der Waals surface area contributed by atoms with Gasteiger partial charge in [-0.3, -0.25) is 0 Å². The summed E-state index contributed by atoms with van der Waals surface area (Å²) < 4.78 is 1.74. The quantitative estimate of drug-likeness (QED) is 0.814. The van der Waals surface area contributed by atoms with Crippen molar-refractivity contribution in [1.29, 1.82) is 0 Å². The van der Waals surface area contributed by atoms with Crippen LogP contribution in [-0.4, -0.2) is 20.0 Å². The van der Waals surface area contributed by atoms with E-state index in [0.29, 0.717) is 5.82 Å². The number of hydrogen-bond donors (Lipinski definition) is 1. The van der Waals surface area contributed by atoms with Gasteiger partial charge >= 0.3 is 0 Å². The summed E-state index contributed by atoms with van der Waals surface area (Å²) >= 11 is 1.67. The van der Waals surface area contributed by atoms with Crippen LogP contribution < -0.4 is 5.73 Å². The minimum Gasteiger partial charge on any atom is -0.381 e. The highest BCUT2D eigenvalue weighted by Crippen LogP contribution is 2.13. The average molecular weight is 209 g/mol. The van der Waals surface area contributed by atoms with Gasteiger partial charge in [0.25, 0.3) is 0 Å². The molecule has 2 heterocycles. The maximum atomic E-state index is 5.45. The van der Waals surface area contributed by atoms with Crippen molar-refractivity contribution in [2.24, 2.45) is 0 Å². The number of rotatable bonds is 3. The van der Waals surface area contributed by atoms with Crippen molar-refractivity contribution in [1.82, 2.24) is 20.0 Å². The fourth-order valence-corrected chi connectivity index (χ4v) is 1.98. The smallest absolute Gasteiger partial charge is 0.165 e. The predicted octanol–water partition coefficient (Wildman–Crippen LogP) is 0.868. The summed E-state index contributed by atoms with van der Waals surface area (Å²) in [7, 11) is 0. The van der Waals surface area contributed by atoms with E-state index in [0.717, 1.165) is 18.7 Å². The molecule has 0 aromatic carbocycles. The molecule has 0 saturated carbocycles. The fraction of sp³-hybridized carbons (Fsp3) is 0.375. The summed E-state index contributed by atoms with van der Waals surface area (Å²) in [6, 6.07) is 0. The molecule has 74 valence electrons. The molecule has 0 aliphatic carbocycles. The second-order valence-corrected chi connectivity index (χ2v) is 3.96. The molecule has 0 bridgehead atoms. The van der Waals surface area contributed by atoms with Crippen LogP contribution in [0.3, 0.4) is 0 Å². The first kappa shape index (κ1) is 9.14.